The van der Waals surface area contributed by atoms with Gasteiger partial charge in [0, 0.05) is 15.7 Å². The molecule has 2 rings (SSSR count). The third-order valence-corrected chi connectivity index (χ3v) is 4.81. The summed E-state index contributed by atoms with van der Waals surface area (Å²) in [4.78, 5) is 1.03. The number of methoxy groups -OCH3 is 1. The van der Waals surface area contributed by atoms with E-state index in [1.54, 1.807) is 7.11 Å². The topological polar surface area (TPSA) is 67.8 Å². The van der Waals surface area contributed by atoms with Gasteiger partial charge in [-0.1, -0.05) is 24.4 Å². The first kappa shape index (κ1) is 14.1. The molecule has 19 heavy (non-hydrogen) atoms. The van der Waals surface area contributed by atoms with Gasteiger partial charge in [0.15, 0.2) is 5.84 Å². The van der Waals surface area contributed by atoms with Crippen molar-refractivity contribution in [2.45, 2.75) is 42.2 Å². The van der Waals surface area contributed by atoms with Crippen LogP contribution in [-0.2, 0) is 0 Å². The van der Waals surface area contributed by atoms with Crippen LogP contribution in [0.25, 0.3) is 0 Å². The summed E-state index contributed by atoms with van der Waals surface area (Å²) in [5, 5.41) is 12.6. The van der Waals surface area contributed by atoms with Gasteiger partial charge in [-0.2, -0.15) is 0 Å². The highest BCUT2D eigenvalue weighted by Crippen LogP contribution is 2.36. The molecule has 0 unspecified atom stereocenters. The van der Waals surface area contributed by atoms with Crippen molar-refractivity contribution in [3.63, 3.8) is 0 Å². The van der Waals surface area contributed by atoms with Gasteiger partial charge in [0.05, 0.1) is 7.11 Å². The molecule has 1 aliphatic rings. The second-order valence-corrected chi connectivity index (χ2v) is 6.07. The van der Waals surface area contributed by atoms with Crippen LogP contribution in [0.5, 0.6) is 5.75 Å². The van der Waals surface area contributed by atoms with Gasteiger partial charge in [-0.05, 0) is 31.0 Å². The number of benzene rings is 1. The van der Waals surface area contributed by atoms with Gasteiger partial charge in [-0.15, -0.1) is 11.8 Å². The molecule has 5 heteroatoms. The number of hydrogen-bond donors (Lipinski definition) is 2. The van der Waals surface area contributed by atoms with E-state index in [0.29, 0.717) is 5.25 Å². The molecule has 1 aromatic carbocycles. The van der Waals surface area contributed by atoms with Gasteiger partial charge in [-0.25, -0.2) is 0 Å². The molecule has 0 saturated heterocycles. The Morgan fingerprint density at radius 2 is 2.11 bits per heavy atom. The Morgan fingerprint density at radius 3 is 2.74 bits per heavy atom. The van der Waals surface area contributed by atoms with Crippen LogP contribution in [0.1, 0.15) is 37.7 Å². The lowest BCUT2D eigenvalue weighted by Gasteiger charge is -2.22. The average Bonchev–Trinajstić information content (AvgIpc) is 2.47. The number of amidine groups is 1. The molecule has 0 amide bonds. The minimum absolute atomic E-state index is 0.154. The first-order valence-corrected chi connectivity index (χ1v) is 7.45. The van der Waals surface area contributed by atoms with Crippen molar-refractivity contribution in [1.82, 2.24) is 0 Å². The fourth-order valence-electron chi connectivity index (χ4n) is 2.36. The number of oxime groups is 1. The van der Waals surface area contributed by atoms with E-state index in [2.05, 4.69) is 5.16 Å². The minimum atomic E-state index is 0.154. The normalized spacial score (nSPS) is 17.4. The van der Waals surface area contributed by atoms with Gasteiger partial charge < -0.3 is 15.7 Å². The Hall–Kier alpha value is -1.36. The molecule has 104 valence electrons. The number of ether oxygens (including phenoxy) is 1. The standard InChI is InChI=1S/C14H20N2O2S/c1-18-10-7-8-12(14(15)16-17)13(9-10)19-11-5-3-2-4-6-11/h7-9,11,17H,2-6H2,1H3,(H2,15,16). The maximum Gasteiger partial charge on any atom is 0.171 e. The Kier molecular flexibility index (Phi) is 4.96. The predicted molar refractivity (Wildman–Crippen MR) is 78.2 cm³/mol. The van der Waals surface area contributed by atoms with Crippen LogP contribution in [0.15, 0.2) is 28.3 Å². The second-order valence-electron chi connectivity index (χ2n) is 4.73. The molecule has 3 N–H and O–H groups in total. The lowest BCUT2D eigenvalue weighted by molar-refractivity contribution is 0.318. The zero-order valence-corrected chi connectivity index (χ0v) is 11.9. The molecule has 0 aromatic heterocycles. The van der Waals surface area contributed by atoms with E-state index >= 15 is 0 Å². The van der Waals surface area contributed by atoms with Crippen LogP contribution in [0.3, 0.4) is 0 Å². The Balaban J connectivity index is 2.24. The zero-order chi connectivity index (χ0) is 13.7. The number of nitrogens with zero attached hydrogens (tertiary/aromatic N) is 1. The molecule has 1 fully saturated rings. The van der Waals surface area contributed by atoms with Gasteiger partial charge in [0.2, 0.25) is 0 Å². The molecular weight excluding hydrogens is 260 g/mol. The summed E-state index contributed by atoms with van der Waals surface area (Å²) >= 11 is 1.81. The van der Waals surface area contributed by atoms with Crippen molar-refractivity contribution >= 4 is 17.6 Å². The first-order valence-electron chi connectivity index (χ1n) is 6.57. The fraction of sp³-hybridized carbons (Fsp3) is 0.500. The smallest absolute Gasteiger partial charge is 0.171 e. The predicted octanol–water partition coefficient (Wildman–Crippen LogP) is 3.21. The highest BCUT2D eigenvalue weighted by Gasteiger charge is 2.18. The molecule has 0 atom stereocenters. The third kappa shape index (κ3) is 3.56. The number of thioether (sulfide) groups is 1. The van der Waals surface area contributed by atoms with Gasteiger partial charge in [-0.3, -0.25) is 0 Å². The molecular formula is C14H20N2O2S. The largest absolute Gasteiger partial charge is 0.497 e. The van der Waals surface area contributed by atoms with E-state index in [1.165, 1.54) is 32.1 Å². The van der Waals surface area contributed by atoms with E-state index in [-0.39, 0.29) is 5.84 Å². The van der Waals surface area contributed by atoms with Crippen LogP contribution >= 0.6 is 11.8 Å². The van der Waals surface area contributed by atoms with Crippen LogP contribution in [0.2, 0.25) is 0 Å². The van der Waals surface area contributed by atoms with Crippen molar-refractivity contribution < 1.29 is 9.94 Å². The van der Waals surface area contributed by atoms with Crippen LogP contribution in [0, 0.1) is 0 Å². The van der Waals surface area contributed by atoms with Crippen LogP contribution in [-0.4, -0.2) is 23.4 Å². The summed E-state index contributed by atoms with van der Waals surface area (Å²) in [5.41, 5.74) is 6.51. The third-order valence-electron chi connectivity index (χ3n) is 3.42. The lowest BCUT2D eigenvalue weighted by Crippen LogP contribution is -2.15. The van der Waals surface area contributed by atoms with Gasteiger partial charge >= 0.3 is 0 Å². The molecule has 0 radical (unpaired) electrons. The summed E-state index contributed by atoms with van der Waals surface area (Å²) in [5.74, 6) is 0.953. The molecule has 0 heterocycles. The molecule has 0 spiro atoms. The fourth-order valence-corrected chi connectivity index (χ4v) is 3.77. The molecule has 1 aromatic rings. The van der Waals surface area contributed by atoms with E-state index in [4.69, 9.17) is 15.7 Å². The molecule has 1 aliphatic carbocycles. The van der Waals surface area contributed by atoms with Crippen LogP contribution < -0.4 is 10.5 Å². The molecule has 0 bridgehead atoms. The summed E-state index contributed by atoms with van der Waals surface area (Å²) in [6, 6.07) is 5.64. The molecule has 0 aliphatic heterocycles. The van der Waals surface area contributed by atoms with E-state index in [1.807, 2.05) is 30.0 Å². The number of rotatable bonds is 4. The summed E-state index contributed by atoms with van der Waals surface area (Å²) in [6.07, 6.45) is 6.39. The van der Waals surface area contributed by atoms with E-state index in [9.17, 15) is 0 Å². The quantitative estimate of drug-likeness (QED) is 0.384. The highest BCUT2D eigenvalue weighted by molar-refractivity contribution is 8.00. The Bertz CT molecular complexity index is 457. The second kappa shape index (κ2) is 6.70. The van der Waals surface area contributed by atoms with Gasteiger partial charge in [0.25, 0.3) is 0 Å². The monoisotopic (exact) mass is 280 g/mol. The van der Waals surface area contributed by atoms with Crippen molar-refractivity contribution in [1.29, 1.82) is 0 Å². The minimum Gasteiger partial charge on any atom is -0.497 e. The van der Waals surface area contributed by atoms with Gasteiger partial charge in [0.1, 0.15) is 5.75 Å². The highest BCUT2D eigenvalue weighted by atomic mass is 32.2. The van der Waals surface area contributed by atoms with Crippen molar-refractivity contribution in [2.75, 3.05) is 7.11 Å². The Morgan fingerprint density at radius 1 is 1.37 bits per heavy atom. The summed E-state index contributed by atoms with van der Waals surface area (Å²) < 4.78 is 5.26. The zero-order valence-electron chi connectivity index (χ0n) is 11.1. The van der Waals surface area contributed by atoms with Crippen molar-refractivity contribution in [2.24, 2.45) is 10.9 Å². The molecule has 1 saturated carbocycles. The summed E-state index contributed by atoms with van der Waals surface area (Å²) in [7, 11) is 1.65. The van der Waals surface area contributed by atoms with Crippen molar-refractivity contribution in [3.8, 4) is 5.75 Å². The van der Waals surface area contributed by atoms with E-state index in [0.717, 1.165) is 16.2 Å². The SMILES string of the molecule is COc1ccc(/C(N)=N/O)c(SC2CCCCC2)c1. The lowest BCUT2D eigenvalue weighted by atomic mass is 10.0. The number of nitrogens with two attached hydrogens (primary N) is 1. The average molecular weight is 280 g/mol. The van der Waals surface area contributed by atoms with E-state index < -0.39 is 0 Å². The van der Waals surface area contributed by atoms with Crippen LogP contribution in [0.4, 0.5) is 0 Å². The van der Waals surface area contributed by atoms with Crippen molar-refractivity contribution in [3.05, 3.63) is 23.8 Å². The Labute approximate surface area is 118 Å². The molecule has 4 nitrogen and oxygen atoms in total. The maximum atomic E-state index is 8.87. The first-order chi connectivity index (χ1) is 9.24. The summed E-state index contributed by atoms with van der Waals surface area (Å²) in [6.45, 7) is 0. The number of hydrogen-bond acceptors (Lipinski definition) is 4. The maximum absolute atomic E-state index is 8.87.